The number of carbonyl (C=O) groups excluding carboxylic acids is 1. The van der Waals surface area contributed by atoms with Gasteiger partial charge in [0.05, 0.1) is 6.61 Å². The van der Waals surface area contributed by atoms with E-state index in [1.54, 1.807) is 0 Å². The van der Waals surface area contributed by atoms with E-state index in [0.717, 1.165) is 31.6 Å². The molecule has 0 aromatic heterocycles. The zero-order chi connectivity index (χ0) is 9.54. The van der Waals surface area contributed by atoms with Crippen LogP contribution in [-0.2, 0) is 9.53 Å². The molecule has 2 heteroatoms. The Bertz CT molecular complexity index is 303. The molecule has 2 unspecified atom stereocenters. The van der Waals surface area contributed by atoms with E-state index in [2.05, 4.69) is 0 Å². The molecular weight excluding hydrogens is 176 g/mol. The minimum absolute atomic E-state index is 0.298. The minimum Gasteiger partial charge on any atom is -0.490 e. The molecular formula is C12H16O2. The molecule has 2 atom stereocenters. The summed E-state index contributed by atoms with van der Waals surface area (Å²) in [5, 5.41) is 0. The molecule has 3 rings (SSSR count). The van der Waals surface area contributed by atoms with Gasteiger partial charge >= 0.3 is 0 Å². The van der Waals surface area contributed by atoms with Crippen molar-refractivity contribution in [1.29, 1.82) is 0 Å². The Morgan fingerprint density at radius 2 is 1.86 bits per heavy atom. The quantitative estimate of drug-likeness (QED) is 0.589. The monoisotopic (exact) mass is 192 g/mol. The summed E-state index contributed by atoms with van der Waals surface area (Å²) in [6.07, 6.45) is 7.06. The number of fused-ring (bicyclic) bond motifs is 2. The molecule has 0 amide bonds. The first kappa shape index (κ1) is 8.51. The average Bonchev–Trinajstić information content (AvgIpc) is 2.55. The topological polar surface area (TPSA) is 26.3 Å². The predicted octanol–water partition coefficient (Wildman–Crippen LogP) is 2.44. The summed E-state index contributed by atoms with van der Waals surface area (Å²) in [5.41, 5.74) is 1.37. The van der Waals surface area contributed by atoms with Crippen LogP contribution in [0.15, 0.2) is 11.3 Å². The highest BCUT2D eigenvalue weighted by atomic mass is 16.5. The molecule has 0 saturated heterocycles. The Balaban J connectivity index is 1.96. The van der Waals surface area contributed by atoms with E-state index >= 15 is 0 Å². The molecule has 2 nitrogen and oxygen atoms in total. The lowest BCUT2D eigenvalue weighted by molar-refractivity contribution is -0.122. The van der Waals surface area contributed by atoms with E-state index in [0.29, 0.717) is 17.6 Å². The average molecular weight is 192 g/mol. The van der Waals surface area contributed by atoms with Crippen LogP contribution in [0, 0.1) is 11.8 Å². The number of Topliss-reactive ketones (excluding diaryl/α,β-unsaturated/α-hetero) is 1. The summed E-state index contributed by atoms with van der Waals surface area (Å²) in [6, 6.07) is 0. The number of carbonyl (C=O) groups is 1. The number of ether oxygens (including phenoxy) is 1. The molecule has 0 N–H and O–H groups in total. The van der Waals surface area contributed by atoms with Crippen molar-refractivity contribution in [2.75, 3.05) is 6.61 Å². The summed E-state index contributed by atoms with van der Waals surface area (Å²) in [7, 11) is 0. The van der Waals surface area contributed by atoms with E-state index in [-0.39, 0.29) is 0 Å². The van der Waals surface area contributed by atoms with Gasteiger partial charge in [0, 0.05) is 5.92 Å². The second-order valence-electron chi connectivity index (χ2n) is 4.67. The fourth-order valence-corrected chi connectivity index (χ4v) is 3.26. The highest BCUT2D eigenvalue weighted by molar-refractivity contribution is 5.99. The van der Waals surface area contributed by atoms with Crippen LogP contribution in [0.1, 0.15) is 38.5 Å². The summed E-state index contributed by atoms with van der Waals surface area (Å²) >= 11 is 0. The van der Waals surface area contributed by atoms with Crippen molar-refractivity contribution in [2.45, 2.75) is 38.5 Å². The van der Waals surface area contributed by atoms with Gasteiger partial charge in [-0.1, -0.05) is 12.8 Å². The third-order valence-corrected chi connectivity index (χ3v) is 3.90. The van der Waals surface area contributed by atoms with Crippen LogP contribution in [0.3, 0.4) is 0 Å². The molecule has 0 radical (unpaired) electrons. The van der Waals surface area contributed by atoms with Gasteiger partial charge in [-0.05, 0) is 37.2 Å². The van der Waals surface area contributed by atoms with Crippen LogP contribution >= 0.6 is 0 Å². The molecule has 3 aliphatic rings. The van der Waals surface area contributed by atoms with Crippen molar-refractivity contribution >= 4 is 5.78 Å². The lowest BCUT2D eigenvalue weighted by atomic mass is 9.77. The molecule has 0 spiro atoms. The van der Waals surface area contributed by atoms with E-state index in [4.69, 9.17) is 4.74 Å². The highest BCUT2D eigenvalue weighted by Crippen LogP contribution is 2.46. The van der Waals surface area contributed by atoms with Crippen molar-refractivity contribution in [3.05, 3.63) is 11.3 Å². The smallest absolute Gasteiger partial charge is 0.200 e. The standard InChI is InChI=1S/C12H16O2/c13-11-9-5-2-1-4-8(9)10-6-3-7-14-12(10)11/h8-9H,1-7H2. The zero-order valence-electron chi connectivity index (χ0n) is 8.42. The largest absolute Gasteiger partial charge is 0.490 e. The van der Waals surface area contributed by atoms with Crippen LogP contribution in [0.5, 0.6) is 0 Å². The maximum atomic E-state index is 12.0. The Labute approximate surface area is 84.3 Å². The molecule has 1 heterocycles. The van der Waals surface area contributed by atoms with Gasteiger partial charge in [-0.2, -0.15) is 0 Å². The Hall–Kier alpha value is -0.790. The van der Waals surface area contributed by atoms with Crippen molar-refractivity contribution in [2.24, 2.45) is 11.8 Å². The van der Waals surface area contributed by atoms with Crippen molar-refractivity contribution in [1.82, 2.24) is 0 Å². The normalized spacial score (nSPS) is 36.4. The van der Waals surface area contributed by atoms with Crippen LogP contribution in [0.4, 0.5) is 0 Å². The fraction of sp³-hybridized carbons (Fsp3) is 0.750. The molecule has 1 aliphatic heterocycles. The molecule has 1 fully saturated rings. The Kier molecular flexibility index (Phi) is 1.89. The number of hydrogen-bond donors (Lipinski definition) is 0. The maximum Gasteiger partial charge on any atom is 0.200 e. The molecule has 0 aromatic rings. The van der Waals surface area contributed by atoms with Gasteiger partial charge in [0.1, 0.15) is 0 Å². The molecule has 1 saturated carbocycles. The van der Waals surface area contributed by atoms with Gasteiger partial charge in [0.15, 0.2) is 5.76 Å². The van der Waals surface area contributed by atoms with Gasteiger partial charge in [-0.25, -0.2) is 0 Å². The number of hydrogen-bond acceptors (Lipinski definition) is 2. The molecule has 14 heavy (non-hydrogen) atoms. The van der Waals surface area contributed by atoms with Crippen LogP contribution < -0.4 is 0 Å². The first-order chi connectivity index (χ1) is 6.88. The first-order valence-electron chi connectivity index (χ1n) is 5.78. The van der Waals surface area contributed by atoms with Crippen molar-refractivity contribution in [3.63, 3.8) is 0 Å². The van der Waals surface area contributed by atoms with Crippen molar-refractivity contribution in [3.8, 4) is 0 Å². The SMILES string of the molecule is O=C1C2=C(CCCO2)C2CCCCC12. The minimum atomic E-state index is 0.298. The molecule has 0 bridgehead atoms. The third-order valence-electron chi connectivity index (χ3n) is 3.90. The number of allylic oxidation sites excluding steroid dienone is 2. The van der Waals surface area contributed by atoms with Gasteiger partial charge in [0.25, 0.3) is 0 Å². The molecule has 2 aliphatic carbocycles. The summed E-state index contributed by atoms with van der Waals surface area (Å²) < 4.78 is 5.54. The van der Waals surface area contributed by atoms with Crippen LogP contribution in [0.25, 0.3) is 0 Å². The van der Waals surface area contributed by atoms with Gasteiger partial charge in [-0.3, -0.25) is 4.79 Å². The fourth-order valence-electron chi connectivity index (χ4n) is 3.26. The highest BCUT2D eigenvalue weighted by Gasteiger charge is 2.44. The second-order valence-corrected chi connectivity index (χ2v) is 4.67. The lowest BCUT2D eigenvalue weighted by Crippen LogP contribution is -2.21. The number of ketones is 1. The molecule has 0 aromatic carbocycles. The Morgan fingerprint density at radius 3 is 2.71 bits per heavy atom. The summed E-state index contributed by atoms with van der Waals surface area (Å²) in [6.45, 7) is 0.754. The predicted molar refractivity (Wildman–Crippen MR) is 52.7 cm³/mol. The summed E-state index contributed by atoms with van der Waals surface area (Å²) in [5.74, 6) is 1.95. The van der Waals surface area contributed by atoms with Gasteiger partial charge < -0.3 is 4.74 Å². The van der Waals surface area contributed by atoms with E-state index in [9.17, 15) is 4.79 Å². The third kappa shape index (κ3) is 1.06. The zero-order valence-corrected chi connectivity index (χ0v) is 8.42. The first-order valence-corrected chi connectivity index (χ1v) is 5.78. The number of rotatable bonds is 0. The molecule has 76 valence electrons. The second kappa shape index (κ2) is 3.11. The van der Waals surface area contributed by atoms with E-state index < -0.39 is 0 Å². The van der Waals surface area contributed by atoms with E-state index in [1.807, 2.05) is 0 Å². The summed E-state index contributed by atoms with van der Waals surface area (Å²) in [4.78, 5) is 12.0. The maximum absolute atomic E-state index is 12.0. The lowest BCUT2D eigenvalue weighted by Gasteiger charge is -2.26. The van der Waals surface area contributed by atoms with Gasteiger partial charge in [0.2, 0.25) is 5.78 Å². The van der Waals surface area contributed by atoms with Gasteiger partial charge in [-0.15, -0.1) is 0 Å². The van der Waals surface area contributed by atoms with Crippen LogP contribution in [0.2, 0.25) is 0 Å². The Morgan fingerprint density at radius 1 is 1.07 bits per heavy atom. The van der Waals surface area contributed by atoms with Crippen LogP contribution in [-0.4, -0.2) is 12.4 Å². The van der Waals surface area contributed by atoms with Crippen molar-refractivity contribution < 1.29 is 9.53 Å². The van der Waals surface area contributed by atoms with E-state index in [1.165, 1.54) is 24.8 Å².